The van der Waals surface area contributed by atoms with Gasteiger partial charge in [-0.05, 0) is 6.42 Å². The van der Waals surface area contributed by atoms with Crippen molar-refractivity contribution in [1.82, 2.24) is 0 Å². The van der Waals surface area contributed by atoms with Crippen LogP contribution in [-0.2, 0) is 0 Å². The summed E-state index contributed by atoms with van der Waals surface area (Å²) in [6.45, 7) is 8.75. The zero-order valence-corrected chi connectivity index (χ0v) is 14.9. The topological polar surface area (TPSA) is 26.1 Å². The summed E-state index contributed by atoms with van der Waals surface area (Å²) in [4.78, 5) is 0. The Bertz CT molecular complexity index is 322. The van der Waals surface area contributed by atoms with Crippen LogP contribution in [0.4, 0.5) is 0 Å². The molecule has 2 nitrogen and oxygen atoms in total. The Morgan fingerprint density at radius 2 is 1.33 bits per heavy atom. The van der Waals surface area contributed by atoms with Gasteiger partial charge < -0.3 is 5.21 Å². The molecule has 0 saturated carbocycles. The molecule has 0 spiro atoms. The van der Waals surface area contributed by atoms with E-state index in [1.807, 2.05) is 6.21 Å². The van der Waals surface area contributed by atoms with Gasteiger partial charge in [0.2, 0.25) is 0 Å². The maximum Gasteiger partial charge on any atom is 0.170 e. The van der Waals surface area contributed by atoms with Crippen molar-refractivity contribution in [2.24, 2.45) is 5.41 Å². The minimum Gasteiger partial charge on any atom is -0.624 e. The standard InChI is InChI=1S/C19H37NO/c1-5-6-7-8-9-10-11-12-13-14-15-19(4)16-18(2,3)17-20(19)21/h17H,5-16H2,1-4H3. The lowest BCUT2D eigenvalue weighted by Gasteiger charge is -2.24. The molecule has 0 saturated heterocycles. The Hall–Kier alpha value is -0.530. The van der Waals surface area contributed by atoms with E-state index < -0.39 is 0 Å². The Kier molecular flexibility index (Phi) is 7.76. The summed E-state index contributed by atoms with van der Waals surface area (Å²) in [5.41, 5.74) is -0.0708. The van der Waals surface area contributed by atoms with Gasteiger partial charge in [-0.25, -0.2) is 4.74 Å². The zero-order chi connectivity index (χ0) is 15.8. The van der Waals surface area contributed by atoms with E-state index >= 15 is 0 Å². The molecule has 21 heavy (non-hydrogen) atoms. The highest BCUT2D eigenvalue weighted by molar-refractivity contribution is 5.61. The van der Waals surface area contributed by atoms with Crippen molar-refractivity contribution in [3.05, 3.63) is 5.21 Å². The van der Waals surface area contributed by atoms with Crippen molar-refractivity contribution in [3.8, 4) is 0 Å². The van der Waals surface area contributed by atoms with Crippen LogP contribution in [-0.4, -0.2) is 16.5 Å². The average molecular weight is 296 g/mol. The second-order valence-electron chi connectivity index (χ2n) is 8.05. The van der Waals surface area contributed by atoms with Gasteiger partial charge in [-0.3, -0.25) is 0 Å². The van der Waals surface area contributed by atoms with Crippen LogP contribution in [0, 0.1) is 10.6 Å². The third-order valence-electron chi connectivity index (χ3n) is 4.90. The van der Waals surface area contributed by atoms with Gasteiger partial charge in [-0.1, -0.05) is 78.6 Å². The molecule has 124 valence electrons. The molecule has 1 rings (SSSR count). The lowest BCUT2D eigenvalue weighted by Crippen LogP contribution is -2.32. The fraction of sp³-hybridized carbons (Fsp3) is 0.947. The summed E-state index contributed by atoms with van der Waals surface area (Å²) in [6, 6.07) is 0. The smallest absolute Gasteiger partial charge is 0.170 e. The molecule has 0 N–H and O–H groups in total. The quantitative estimate of drug-likeness (QED) is 0.258. The van der Waals surface area contributed by atoms with Crippen LogP contribution in [0.5, 0.6) is 0 Å². The van der Waals surface area contributed by atoms with Gasteiger partial charge in [-0.2, -0.15) is 0 Å². The fourth-order valence-electron chi connectivity index (χ4n) is 3.77. The number of rotatable bonds is 11. The van der Waals surface area contributed by atoms with Crippen molar-refractivity contribution in [2.75, 3.05) is 0 Å². The predicted octanol–water partition coefficient (Wildman–Crippen LogP) is 6.07. The van der Waals surface area contributed by atoms with Gasteiger partial charge in [0.25, 0.3) is 0 Å². The molecule has 0 bridgehead atoms. The van der Waals surface area contributed by atoms with Crippen molar-refractivity contribution < 1.29 is 4.74 Å². The molecule has 1 aliphatic rings. The van der Waals surface area contributed by atoms with Crippen LogP contribution in [0.15, 0.2) is 0 Å². The zero-order valence-electron chi connectivity index (χ0n) is 14.9. The van der Waals surface area contributed by atoms with Crippen LogP contribution in [0.1, 0.15) is 105 Å². The van der Waals surface area contributed by atoms with Crippen molar-refractivity contribution in [1.29, 1.82) is 0 Å². The van der Waals surface area contributed by atoms with Gasteiger partial charge >= 0.3 is 0 Å². The highest BCUT2D eigenvalue weighted by Crippen LogP contribution is 2.37. The van der Waals surface area contributed by atoms with Crippen molar-refractivity contribution >= 4 is 6.21 Å². The minimum atomic E-state index is -0.149. The molecular weight excluding hydrogens is 258 g/mol. The van der Waals surface area contributed by atoms with E-state index in [0.29, 0.717) is 0 Å². The highest BCUT2D eigenvalue weighted by atomic mass is 16.5. The normalized spacial score (nSPS) is 24.3. The van der Waals surface area contributed by atoms with E-state index in [-0.39, 0.29) is 11.0 Å². The Labute approximate surface area is 132 Å². The van der Waals surface area contributed by atoms with Crippen molar-refractivity contribution in [2.45, 2.75) is 110 Å². The fourth-order valence-corrected chi connectivity index (χ4v) is 3.77. The van der Waals surface area contributed by atoms with Crippen molar-refractivity contribution in [3.63, 3.8) is 0 Å². The van der Waals surface area contributed by atoms with E-state index in [2.05, 4.69) is 27.7 Å². The number of nitrogens with zero attached hydrogens (tertiary/aromatic N) is 1. The first-order valence-electron chi connectivity index (χ1n) is 9.22. The molecular formula is C19H37NO. The van der Waals surface area contributed by atoms with Crippen LogP contribution >= 0.6 is 0 Å². The second-order valence-corrected chi connectivity index (χ2v) is 8.05. The van der Waals surface area contributed by atoms with E-state index in [1.54, 1.807) is 0 Å². The number of unbranched alkanes of at least 4 members (excludes halogenated alkanes) is 9. The molecule has 2 heteroatoms. The monoisotopic (exact) mass is 295 g/mol. The summed E-state index contributed by atoms with van der Waals surface area (Å²) < 4.78 is 1.24. The Morgan fingerprint density at radius 1 is 0.857 bits per heavy atom. The largest absolute Gasteiger partial charge is 0.624 e. The number of hydroxylamine groups is 1. The summed E-state index contributed by atoms with van der Waals surface area (Å²) in [5.74, 6) is 0. The summed E-state index contributed by atoms with van der Waals surface area (Å²) in [7, 11) is 0. The van der Waals surface area contributed by atoms with Gasteiger partial charge in [0.15, 0.2) is 11.8 Å². The molecule has 1 aliphatic heterocycles. The van der Waals surface area contributed by atoms with Gasteiger partial charge in [0, 0.05) is 25.2 Å². The van der Waals surface area contributed by atoms with E-state index in [0.717, 1.165) is 12.8 Å². The van der Waals surface area contributed by atoms with Gasteiger partial charge in [0.1, 0.15) is 0 Å². The van der Waals surface area contributed by atoms with E-state index in [9.17, 15) is 5.21 Å². The maximum absolute atomic E-state index is 12.1. The third-order valence-corrected chi connectivity index (χ3v) is 4.90. The molecule has 0 aromatic heterocycles. The first kappa shape index (κ1) is 18.5. The molecule has 0 aliphatic carbocycles. The highest BCUT2D eigenvalue weighted by Gasteiger charge is 2.45. The Balaban J connectivity index is 2.01. The molecule has 1 heterocycles. The van der Waals surface area contributed by atoms with Crippen LogP contribution in [0.3, 0.4) is 0 Å². The van der Waals surface area contributed by atoms with E-state index in [4.69, 9.17) is 0 Å². The number of hydrogen-bond donors (Lipinski definition) is 0. The maximum atomic E-state index is 12.1. The lowest BCUT2D eigenvalue weighted by molar-refractivity contribution is -0.534. The molecule has 1 unspecified atom stereocenters. The summed E-state index contributed by atoms with van der Waals surface area (Å²) >= 11 is 0. The third kappa shape index (κ3) is 6.84. The molecule has 0 radical (unpaired) electrons. The number of hydrogen-bond acceptors (Lipinski definition) is 1. The first-order chi connectivity index (χ1) is 9.90. The summed E-state index contributed by atoms with van der Waals surface area (Å²) in [5, 5.41) is 12.1. The lowest BCUT2D eigenvalue weighted by atomic mass is 9.81. The second kappa shape index (κ2) is 8.80. The average Bonchev–Trinajstić information content (AvgIpc) is 2.60. The molecule has 0 amide bonds. The van der Waals surface area contributed by atoms with Crippen LogP contribution < -0.4 is 0 Å². The predicted molar refractivity (Wildman–Crippen MR) is 93.0 cm³/mol. The molecule has 0 aromatic carbocycles. The van der Waals surface area contributed by atoms with E-state index in [1.165, 1.54) is 68.9 Å². The van der Waals surface area contributed by atoms with Gasteiger partial charge in [0.05, 0.1) is 0 Å². The minimum absolute atomic E-state index is 0.0784. The first-order valence-corrected chi connectivity index (χ1v) is 9.22. The summed E-state index contributed by atoms with van der Waals surface area (Å²) in [6.07, 6.45) is 17.5. The van der Waals surface area contributed by atoms with Crippen LogP contribution in [0.25, 0.3) is 0 Å². The van der Waals surface area contributed by atoms with Gasteiger partial charge in [-0.15, -0.1) is 0 Å². The molecule has 1 atom stereocenters. The Morgan fingerprint density at radius 3 is 1.76 bits per heavy atom. The van der Waals surface area contributed by atoms with Crippen LogP contribution in [0.2, 0.25) is 0 Å². The molecule has 0 fully saturated rings. The SMILES string of the molecule is CCCCCCCCCCCCC1(C)CC(C)(C)C=[N+]1[O-]. The molecule has 0 aromatic rings.